The molecule has 5 nitrogen and oxygen atoms in total. The third-order valence-corrected chi connectivity index (χ3v) is 5.40. The molecular weight excluding hydrogens is 370 g/mol. The highest BCUT2D eigenvalue weighted by atomic mass is 35.5. The number of halogens is 1. The van der Waals surface area contributed by atoms with E-state index in [1.807, 2.05) is 28.8 Å². The number of aryl methyl sites for hydroxylation is 2. The molecule has 0 aliphatic heterocycles. The number of anilines is 2. The summed E-state index contributed by atoms with van der Waals surface area (Å²) in [6.07, 6.45) is 3.78. The van der Waals surface area contributed by atoms with Gasteiger partial charge in [-0.25, -0.2) is 4.98 Å². The van der Waals surface area contributed by atoms with Crippen LogP contribution in [0.2, 0.25) is 5.02 Å². The van der Waals surface area contributed by atoms with Crippen LogP contribution < -0.4 is 5.32 Å². The van der Waals surface area contributed by atoms with Gasteiger partial charge in [-0.2, -0.15) is 9.50 Å². The topological polar surface area (TPSA) is 55.1 Å². The van der Waals surface area contributed by atoms with Crippen molar-refractivity contribution in [3.8, 4) is 0 Å². The second-order valence-corrected chi connectivity index (χ2v) is 7.71. The molecule has 2 aromatic heterocycles. The van der Waals surface area contributed by atoms with Gasteiger partial charge in [0.05, 0.1) is 5.69 Å². The fraction of sp³-hybridized carbons (Fsp3) is 0.227. The SMILES string of the molecule is Cc1ccc(Nc2c3c(nc4nc(Cc5ccc(Cl)cc5)nn24)CCC3)cc1. The number of benzene rings is 2. The van der Waals surface area contributed by atoms with Crippen LogP contribution in [0.15, 0.2) is 48.5 Å². The van der Waals surface area contributed by atoms with Crippen molar-refractivity contribution in [2.24, 2.45) is 0 Å². The highest BCUT2D eigenvalue weighted by Gasteiger charge is 2.22. The van der Waals surface area contributed by atoms with Gasteiger partial charge in [-0.15, -0.1) is 5.10 Å². The Morgan fingerprint density at radius 1 is 1.00 bits per heavy atom. The van der Waals surface area contributed by atoms with Crippen molar-refractivity contribution < 1.29 is 0 Å². The van der Waals surface area contributed by atoms with Gasteiger partial charge in [0.25, 0.3) is 5.78 Å². The second-order valence-electron chi connectivity index (χ2n) is 7.27. The third-order valence-electron chi connectivity index (χ3n) is 5.15. The van der Waals surface area contributed by atoms with Crippen LogP contribution in [0.25, 0.3) is 5.78 Å². The first-order valence-electron chi connectivity index (χ1n) is 9.51. The van der Waals surface area contributed by atoms with E-state index in [0.717, 1.165) is 52.9 Å². The molecule has 0 bridgehead atoms. The van der Waals surface area contributed by atoms with Gasteiger partial charge in [0, 0.05) is 22.7 Å². The number of hydrogen-bond donors (Lipinski definition) is 1. The lowest BCUT2D eigenvalue weighted by Crippen LogP contribution is -2.07. The minimum atomic E-state index is 0.648. The van der Waals surface area contributed by atoms with E-state index in [-0.39, 0.29) is 0 Å². The lowest BCUT2D eigenvalue weighted by molar-refractivity contribution is 0.885. The average Bonchev–Trinajstić information content (AvgIpc) is 3.31. The fourth-order valence-electron chi connectivity index (χ4n) is 3.68. The molecule has 0 amide bonds. The Kier molecular flexibility index (Phi) is 4.24. The molecule has 2 heterocycles. The van der Waals surface area contributed by atoms with E-state index in [1.54, 1.807) is 0 Å². The molecule has 5 rings (SSSR count). The molecule has 0 saturated carbocycles. The smallest absolute Gasteiger partial charge is 0.254 e. The molecule has 0 saturated heterocycles. The van der Waals surface area contributed by atoms with Crippen molar-refractivity contribution in [2.75, 3.05) is 5.32 Å². The predicted octanol–water partition coefficient (Wildman–Crippen LogP) is 4.91. The summed E-state index contributed by atoms with van der Waals surface area (Å²) >= 11 is 5.99. The molecule has 1 N–H and O–H groups in total. The Labute approximate surface area is 168 Å². The Morgan fingerprint density at radius 3 is 2.57 bits per heavy atom. The minimum absolute atomic E-state index is 0.648. The summed E-state index contributed by atoms with van der Waals surface area (Å²) in [4.78, 5) is 9.47. The molecule has 1 aliphatic carbocycles. The number of fused-ring (bicyclic) bond motifs is 2. The van der Waals surface area contributed by atoms with Crippen molar-refractivity contribution in [1.82, 2.24) is 19.6 Å². The first-order chi connectivity index (χ1) is 13.7. The fourth-order valence-corrected chi connectivity index (χ4v) is 3.81. The summed E-state index contributed by atoms with van der Waals surface area (Å²) in [5.74, 6) is 2.39. The zero-order valence-corrected chi connectivity index (χ0v) is 16.4. The maximum atomic E-state index is 5.99. The zero-order valence-electron chi connectivity index (χ0n) is 15.6. The van der Waals surface area contributed by atoms with E-state index in [0.29, 0.717) is 12.2 Å². The Balaban J connectivity index is 1.56. The van der Waals surface area contributed by atoms with Gasteiger partial charge < -0.3 is 5.32 Å². The van der Waals surface area contributed by atoms with E-state index in [2.05, 4.69) is 36.5 Å². The van der Waals surface area contributed by atoms with E-state index < -0.39 is 0 Å². The Bertz CT molecular complexity index is 1150. The Hall–Kier alpha value is -2.92. The number of hydrogen-bond acceptors (Lipinski definition) is 4. The number of nitrogens with one attached hydrogen (secondary N) is 1. The molecule has 140 valence electrons. The summed E-state index contributed by atoms with van der Waals surface area (Å²) < 4.78 is 1.86. The molecule has 4 aromatic rings. The van der Waals surface area contributed by atoms with Gasteiger partial charge in [0.15, 0.2) is 5.82 Å². The summed E-state index contributed by atoms with van der Waals surface area (Å²) in [6.45, 7) is 2.09. The van der Waals surface area contributed by atoms with Crippen LogP contribution in [-0.2, 0) is 19.3 Å². The molecule has 1 aliphatic rings. The molecule has 0 fully saturated rings. The average molecular weight is 390 g/mol. The van der Waals surface area contributed by atoms with E-state index in [9.17, 15) is 0 Å². The van der Waals surface area contributed by atoms with Crippen LogP contribution in [0, 0.1) is 6.92 Å². The summed E-state index contributed by atoms with van der Waals surface area (Å²) in [5, 5.41) is 9.06. The van der Waals surface area contributed by atoms with Gasteiger partial charge in [0.1, 0.15) is 5.82 Å². The number of nitrogens with zero attached hydrogens (tertiary/aromatic N) is 4. The van der Waals surface area contributed by atoms with Gasteiger partial charge >= 0.3 is 0 Å². The van der Waals surface area contributed by atoms with Crippen molar-refractivity contribution in [1.29, 1.82) is 0 Å². The monoisotopic (exact) mass is 389 g/mol. The van der Waals surface area contributed by atoms with Gasteiger partial charge in [-0.05, 0) is 56.0 Å². The highest BCUT2D eigenvalue weighted by molar-refractivity contribution is 6.30. The normalized spacial score (nSPS) is 13.1. The number of rotatable bonds is 4. The van der Waals surface area contributed by atoms with E-state index >= 15 is 0 Å². The number of aromatic nitrogens is 4. The standard InChI is InChI=1S/C22H20ClN5/c1-14-5-11-17(12-6-14)24-21-18-3-2-4-19(18)25-22-26-20(27-28(21)22)13-15-7-9-16(23)10-8-15/h5-12,24H,2-4,13H2,1H3. The van der Waals surface area contributed by atoms with Crippen molar-refractivity contribution in [3.05, 3.63) is 81.8 Å². The lowest BCUT2D eigenvalue weighted by atomic mass is 10.1. The van der Waals surface area contributed by atoms with Crippen LogP contribution in [-0.4, -0.2) is 19.6 Å². The largest absolute Gasteiger partial charge is 0.340 e. The van der Waals surface area contributed by atoms with Crippen molar-refractivity contribution in [3.63, 3.8) is 0 Å². The molecule has 28 heavy (non-hydrogen) atoms. The summed E-state index contributed by atoms with van der Waals surface area (Å²) in [7, 11) is 0. The molecule has 0 atom stereocenters. The van der Waals surface area contributed by atoms with Gasteiger partial charge in [-0.3, -0.25) is 0 Å². The van der Waals surface area contributed by atoms with Gasteiger partial charge in [0.2, 0.25) is 0 Å². The summed E-state index contributed by atoms with van der Waals surface area (Å²) in [5.41, 5.74) is 5.79. The minimum Gasteiger partial charge on any atom is -0.340 e. The van der Waals surface area contributed by atoms with Crippen molar-refractivity contribution >= 4 is 28.9 Å². The first-order valence-corrected chi connectivity index (χ1v) is 9.89. The Morgan fingerprint density at radius 2 is 1.79 bits per heavy atom. The molecule has 6 heteroatoms. The zero-order chi connectivity index (χ0) is 19.1. The predicted molar refractivity (Wildman–Crippen MR) is 112 cm³/mol. The van der Waals surface area contributed by atoms with E-state index in [1.165, 1.54) is 11.1 Å². The molecule has 0 unspecified atom stereocenters. The highest BCUT2D eigenvalue weighted by Crippen LogP contribution is 2.30. The third kappa shape index (κ3) is 3.22. The molecule has 2 aromatic carbocycles. The first kappa shape index (κ1) is 17.2. The lowest BCUT2D eigenvalue weighted by Gasteiger charge is -2.12. The van der Waals surface area contributed by atoms with Crippen LogP contribution in [0.3, 0.4) is 0 Å². The summed E-state index contributed by atoms with van der Waals surface area (Å²) in [6, 6.07) is 16.2. The van der Waals surface area contributed by atoms with Crippen LogP contribution >= 0.6 is 11.6 Å². The molecule has 0 radical (unpaired) electrons. The maximum Gasteiger partial charge on any atom is 0.254 e. The molecular formula is C22H20ClN5. The quantitative estimate of drug-likeness (QED) is 0.538. The van der Waals surface area contributed by atoms with Crippen LogP contribution in [0.4, 0.5) is 11.5 Å². The maximum absolute atomic E-state index is 5.99. The van der Waals surface area contributed by atoms with Crippen LogP contribution in [0.1, 0.15) is 34.6 Å². The van der Waals surface area contributed by atoms with E-state index in [4.69, 9.17) is 26.7 Å². The second kappa shape index (κ2) is 6.91. The molecule has 0 spiro atoms. The van der Waals surface area contributed by atoms with Crippen molar-refractivity contribution in [2.45, 2.75) is 32.6 Å². The van der Waals surface area contributed by atoms with Gasteiger partial charge in [-0.1, -0.05) is 41.4 Å². The van der Waals surface area contributed by atoms with Crippen LogP contribution in [0.5, 0.6) is 0 Å².